The van der Waals surface area contributed by atoms with Crippen LogP contribution in [0.1, 0.15) is 15.9 Å². The third kappa shape index (κ3) is 4.36. The van der Waals surface area contributed by atoms with E-state index in [-0.39, 0.29) is 18.7 Å². The van der Waals surface area contributed by atoms with E-state index in [4.69, 9.17) is 4.74 Å². The molecule has 0 saturated carbocycles. The van der Waals surface area contributed by atoms with Crippen LogP contribution >= 0.6 is 0 Å². The number of nitrogens with zero attached hydrogens (tertiary/aromatic N) is 1. The molecule has 1 N–H and O–H groups in total. The summed E-state index contributed by atoms with van der Waals surface area (Å²) < 4.78 is 34.8. The largest absolute Gasteiger partial charge is 0.454 e. The van der Waals surface area contributed by atoms with Crippen molar-refractivity contribution < 1.29 is 23.1 Å². The number of rotatable bonds is 5. The minimum Gasteiger partial charge on any atom is -0.454 e. The molecule has 2 aromatic carbocycles. The molecule has 1 heterocycles. The van der Waals surface area contributed by atoms with Gasteiger partial charge in [0, 0.05) is 20.1 Å². The number of ether oxygens (including phenoxy) is 1. The third-order valence-electron chi connectivity index (χ3n) is 4.78. The maximum atomic E-state index is 14.9. The van der Waals surface area contributed by atoms with E-state index in [2.05, 4.69) is 5.32 Å². The normalized spacial score (nSPS) is 25.1. The Hall–Kier alpha value is -2.80. The fraction of sp³-hybridized carbons (Fsp3) is 0.333. The summed E-state index contributed by atoms with van der Waals surface area (Å²) in [6.45, 7) is 0.137. The monoisotopic (exact) mass is 388 g/mol. The zero-order valence-corrected chi connectivity index (χ0v) is 15.4. The molecule has 0 aromatic heterocycles. The molecule has 0 unspecified atom stereocenters. The lowest BCUT2D eigenvalue weighted by molar-refractivity contribution is -0.140. The van der Waals surface area contributed by atoms with Crippen molar-refractivity contribution in [3.63, 3.8) is 0 Å². The predicted octanol–water partition coefficient (Wildman–Crippen LogP) is 2.52. The minimum absolute atomic E-state index is 0.0901. The fourth-order valence-corrected chi connectivity index (χ4v) is 3.35. The molecule has 1 fully saturated rings. The Labute approximate surface area is 162 Å². The lowest BCUT2D eigenvalue weighted by Gasteiger charge is -2.42. The smallest absolute Gasteiger partial charge is 0.338 e. The number of carbonyl (C=O) groups is 2. The van der Waals surface area contributed by atoms with Crippen LogP contribution in [-0.2, 0) is 16.1 Å². The zero-order chi connectivity index (χ0) is 20.1. The van der Waals surface area contributed by atoms with Crippen molar-refractivity contribution in [2.45, 2.75) is 31.0 Å². The highest BCUT2D eigenvalue weighted by Gasteiger charge is 2.49. The van der Waals surface area contributed by atoms with E-state index in [0.29, 0.717) is 0 Å². The predicted molar refractivity (Wildman–Crippen MR) is 100 cm³/mol. The van der Waals surface area contributed by atoms with Gasteiger partial charge in [0.1, 0.15) is 12.1 Å². The number of likely N-dealkylation sites (N-methyl/N-ethyl adjacent to an activating group) is 1. The van der Waals surface area contributed by atoms with E-state index in [1.807, 2.05) is 30.3 Å². The van der Waals surface area contributed by atoms with Gasteiger partial charge in [0.25, 0.3) is 0 Å². The highest BCUT2D eigenvalue weighted by molar-refractivity contribution is 5.89. The van der Waals surface area contributed by atoms with Gasteiger partial charge >= 0.3 is 5.97 Å². The number of hydrogen-bond donors (Lipinski definition) is 1. The maximum absolute atomic E-state index is 14.9. The van der Waals surface area contributed by atoms with Crippen LogP contribution in [0.15, 0.2) is 60.7 Å². The Balaban J connectivity index is 1.81. The zero-order valence-electron chi connectivity index (χ0n) is 15.4. The minimum atomic E-state index is -2.12. The summed E-state index contributed by atoms with van der Waals surface area (Å²) in [7, 11) is 1.38. The van der Waals surface area contributed by atoms with Crippen molar-refractivity contribution in [3.8, 4) is 0 Å². The molecule has 4 atom stereocenters. The summed E-state index contributed by atoms with van der Waals surface area (Å²) in [5.41, 5.74) is 1.10. The van der Waals surface area contributed by atoms with Crippen molar-refractivity contribution in [2.75, 3.05) is 13.6 Å². The van der Waals surface area contributed by atoms with Crippen molar-refractivity contribution >= 4 is 11.9 Å². The van der Waals surface area contributed by atoms with Gasteiger partial charge in [0.05, 0.1) is 5.56 Å². The molecule has 0 radical (unpaired) electrons. The first-order chi connectivity index (χ1) is 13.5. The first-order valence-electron chi connectivity index (χ1n) is 9.05. The molecular formula is C21H22F2N2O3. The standard InChI is InChI=1S/C21H22F2N2O3/c1-24-20(26)19-18(23)17(22)16(28-21(27)15-10-6-3-7-11-15)13-25(19)12-14-8-4-2-5-9-14/h2-11,16-19H,12-13H2,1H3,(H,24,26)/t16-,17+,18+,19+/m1/s1. The number of carbonyl (C=O) groups excluding carboxylic acids is 2. The molecule has 3 rings (SSSR count). The fourth-order valence-electron chi connectivity index (χ4n) is 3.35. The summed E-state index contributed by atoms with van der Waals surface area (Å²) in [6, 6.07) is 16.0. The maximum Gasteiger partial charge on any atom is 0.338 e. The Morgan fingerprint density at radius 2 is 1.64 bits per heavy atom. The molecule has 1 aliphatic heterocycles. The van der Waals surface area contributed by atoms with Crippen molar-refractivity contribution in [1.82, 2.24) is 10.2 Å². The second-order valence-corrected chi connectivity index (χ2v) is 6.67. The molecule has 7 heteroatoms. The first kappa shape index (κ1) is 19.9. The van der Waals surface area contributed by atoms with Gasteiger partial charge in [-0.1, -0.05) is 48.5 Å². The third-order valence-corrected chi connectivity index (χ3v) is 4.78. The van der Waals surface area contributed by atoms with E-state index >= 15 is 0 Å². The lowest BCUT2D eigenvalue weighted by atomic mass is 9.94. The average molecular weight is 388 g/mol. The van der Waals surface area contributed by atoms with E-state index in [1.54, 1.807) is 30.3 Å². The second kappa shape index (κ2) is 8.93. The molecule has 0 spiro atoms. The van der Waals surface area contributed by atoms with E-state index in [9.17, 15) is 18.4 Å². The number of nitrogens with one attached hydrogen (secondary N) is 1. The van der Waals surface area contributed by atoms with Gasteiger partial charge in [0.15, 0.2) is 12.3 Å². The van der Waals surface area contributed by atoms with Crippen LogP contribution in [-0.4, -0.2) is 54.9 Å². The molecule has 28 heavy (non-hydrogen) atoms. The molecule has 5 nitrogen and oxygen atoms in total. The highest BCUT2D eigenvalue weighted by atomic mass is 19.2. The Morgan fingerprint density at radius 1 is 1.04 bits per heavy atom. The van der Waals surface area contributed by atoms with Crippen molar-refractivity contribution in [2.24, 2.45) is 0 Å². The highest BCUT2D eigenvalue weighted by Crippen LogP contribution is 2.28. The summed E-state index contributed by atoms with van der Waals surface area (Å²) in [4.78, 5) is 26.0. The summed E-state index contributed by atoms with van der Waals surface area (Å²) in [6.07, 6.45) is -5.53. The number of benzene rings is 2. The molecule has 0 bridgehead atoms. The quantitative estimate of drug-likeness (QED) is 0.800. The molecule has 1 amide bonds. The number of alkyl halides is 2. The van der Waals surface area contributed by atoms with Crippen molar-refractivity contribution in [1.29, 1.82) is 0 Å². The number of halogens is 2. The van der Waals surface area contributed by atoms with Crippen LogP contribution in [0.2, 0.25) is 0 Å². The second-order valence-electron chi connectivity index (χ2n) is 6.67. The van der Waals surface area contributed by atoms with Crippen molar-refractivity contribution in [3.05, 3.63) is 71.8 Å². The van der Waals surface area contributed by atoms with E-state index in [1.165, 1.54) is 11.9 Å². The van der Waals surface area contributed by atoms with Gasteiger partial charge < -0.3 is 10.1 Å². The van der Waals surface area contributed by atoms with Gasteiger partial charge in [-0.05, 0) is 17.7 Å². The Morgan fingerprint density at radius 3 is 2.25 bits per heavy atom. The first-order valence-corrected chi connectivity index (χ1v) is 9.05. The number of piperidine rings is 1. The van der Waals surface area contributed by atoms with Crippen LogP contribution in [0.3, 0.4) is 0 Å². The molecule has 148 valence electrons. The van der Waals surface area contributed by atoms with Gasteiger partial charge in [-0.15, -0.1) is 0 Å². The summed E-state index contributed by atoms with van der Waals surface area (Å²) in [5.74, 6) is -1.34. The lowest BCUT2D eigenvalue weighted by Crippen LogP contribution is -2.63. The number of amides is 1. The van der Waals surface area contributed by atoms with Crippen LogP contribution in [0.4, 0.5) is 8.78 Å². The Bertz CT molecular complexity index is 804. The molecule has 0 aliphatic carbocycles. The summed E-state index contributed by atoms with van der Waals surface area (Å²) >= 11 is 0. The molecule has 2 aromatic rings. The Kier molecular flexibility index (Phi) is 6.36. The van der Waals surface area contributed by atoms with Gasteiger partial charge in [-0.3, -0.25) is 9.69 Å². The van der Waals surface area contributed by atoms with Crippen LogP contribution < -0.4 is 5.32 Å². The molecule has 1 saturated heterocycles. The van der Waals surface area contributed by atoms with E-state index in [0.717, 1.165) is 5.56 Å². The molecule has 1 aliphatic rings. The van der Waals surface area contributed by atoms with Crippen LogP contribution in [0.25, 0.3) is 0 Å². The van der Waals surface area contributed by atoms with Crippen LogP contribution in [0, 0.1) is 0 Å². The SMILES string of the molecule is CNC(=O)[C@@H]1[C@@H](F)[C@@H](F)[C@H](OC(=O)c2ccccc2)CN1Cc1ccccc1. The van der Waals surface area contributed by atoms with Crippen LogP contribution in [0.5, 0.6) is 0 Å². The summed E-state index contributed by atoms with van der Waals surface area (Å²) in [5, 5.41) is 2.39. The number of esters is 1. The van der Waals surface area contributed by atoms with Gasteiger partial charge in [-0.25, -0.2) is 13.6 Å². The number of hydrogen-bond acceptors (Lipinski definition) is 4. The average Bonchev–Trinajstić information content (AvgIpc) is 2.73. The van der Waals surface area contributed by atoms with Gasteiger partial charge in [0.2, 0.25) is 5.91 Å². The molecular weight excluding hydrogens is 366 g/mol. The number of likely N-dealkylation sites (tertiary alicyclic amines) is 1. The van der Waals surface area contributed by atoms with Gasteiger partial charge in [-0.2, -0.15) is 0 Å². The topological polar surface area (TPSA) is 58.6 Å². The van der Waals surface area contributed by atoms with E-state index < -0.39 is 36.4 Å².